The average molecular weight is 237 g/mol. The van der Waals surface area contributed by atoms with Gasteiger partial charge in [-0.25, -0.2) is 4.98 Å². The molecule has 0 unspecified atom stereocenters. The van der Waals surface area contributed by atoms with E-state index in [0.29, 0.717) is 11.4 Å². The van der Waals surface area contributed by atoms with Gasteiger partial charge in [0.25, 0.3) is 0 Å². The maximum Gasteiger partial charge on any atom is 0.179 e. The molecule has 0 spiro atoms. The van der Waals surface area contributed by atoms with Crippen LogP contribution in [-0.4, -0.2) is 28.3 Å². The number of ether oxygens (including phenoxy) is 1. The largest absolute Gasteiger partial charge is 0.382 e. The first-order chi connectivity index (χ1) is 7.56. The number of pyridine rings is 1. The van der Waals surface area contributed by atoms with E-state index in [1.165, 1.54) is 0 Å². The third-order valence-corrected chi connectivity index (χ3v) is 2.83. The number of fused-ring (bicyclic) bond motifs is 1. The van der Waals surface area contributed by atoms with Crippen LogP contribution < -0.4 is 0 Å². The quantitative estimate of drug-likeness (QED) is 0.834. The first-order valence-corrected chi connectivity index (χ1v) is 5.52. The highest BCUT2D eigenvalue weighted by Crippen LogP contribution is 2.22. The number of hydrogen-bond donors (Lipinski definition) is 1. The summed E-state index contributed by atoms with van der Waals surface area (Å²) in [6.45, 7) is 4.74. The zero-order chi connectivity index (χ0) is 11.8. The summed E-state index contributed by atoms with van der Waals surface area (Å²) >= 11 is 5.33. The Hall–Kier alpha value is -1.20. The number of aromatic amines is 1. The first kappa shape index (κ1) is 11.3. The molecule has 0 atom stereocenters. The molecule has 0 aromatic carbocycles. The van der Waals surface area contributed by atoms with Crippen molar-refractivity contribution in [1.82, 2.24) is 14.5 Å². The van der Waals surface area contributed by atoms with E-state index in [1.807, 2.05) is 16.7 Å². The Morgan fingerprint density at radius 3 is 3.00 bits per heavy atom. The summed E-state index contributed by atoms with van der Waals surface area (Å²) < 4.78 is 7.90. The molecule has 5 heteroatoms. The highest BCUT2D eigenvalue weighted by Gasteiger charge is 2.23. The van der Waals surface area contributed by atoms with Crippen LogP contribution in [0.4, 0.5) is 0 Å². The number of imidazole rings is 1. The minimum Gasteiger partial charge on any atom is -0.382 e. The molecule has 2 heterocycles. The van der Waals surface area contributed by atoms with Crippen molar-refractivity contribution >= 4 is 23.4 Å². The lowest BCUT2D eigenvalue weighted by Gasteiger charge is -2.25. The van der Waals surface area contributed by atoms with Crippen LogP contribution in [0.25, 0.3) is 11.2 Å². The summed E-state index contributed by atoms with van der Waals surface area (Å²) in [5.74, 6) is 0. The molecular formula is C11H15N3OS. The van der Waals surface area contributed by atoms with Crippen molar-refractivity contribution in [3.8, 4) is 0 Å². The number of nitrogens with one attached hydrogen (secondary N) is 1. The van der Waals surface area contributed by atoms with Crippen LogP contribution in [0.5, 0.6) is 0 Å². The van der Waals surface area contributed by atoms with Gasteiger partial charge in [0.15, 0.2) is 10.4 Å². The summed E-state index contributed by atoms with van der Waals surface area (Å²) in [6.07, 6.45) is 1.77. The minimum atomic E-state index is -0.210. The number of nitrogens with zero attached hydrogens (tertiary/aromatic N) is 2. The van der Waals surface area contributed by atoms with Crippen molar-refractivity contribution in [2.45, 2.75) is 19.4 Å². The zero-order valence-corrected chi connectivity index (χ0v) is 10.5. The molecule has 0 aliphatic rings. The van der Waals surface area contributed by atoms with Gasteiger partial charge in [0.1, 0.15) is 0 Å². The lowest BCUT2D eigenvalue weighted by molar-refractivity contribution is 0.111. The van der Waals surface area contributed by atoms with E-state index in [-0.39, 0.29) is 5.54 Å². The molecule has 4 nitrogen and oxygen atoms in total. The number of hydrogen-bond acceptors (Lipinski definition) is 3. The van der Waals surface area contributed by atoms with Crippen LogP contribution in [-0.2, 0) is 10.3 Å². The molecule has 2 aromatic rings. The summed E-state index contributed by atoms with van der Waals surface area (Å²) in [6, 6.07) is 3.86. The summed E-state index contributed by atoms with van der Waals surface area (Å²) in [5, 5.41) is 0. The normalized spacial score (nSPS) is 12.2. The average Bonchev–Trinajstić information content (AvgIpc) is 2.53. The van der Waals surface area contributed by atoms with Crippen LogP contribution in [0.1, 0.15) is 13.8 Å². The number of aromatic nitrogens is 3. The molecule has 1 N–H and O–H groups in total. The van der Waals surface area contributed by atoms with E-state index in [4.69, 9.17) is 17.0 Å². The molecule has 16 heavy (non-hydrogen) atoms. The SMILES string of the molecule is COCC(C)(C)n1c(=S)[nH]c2cccnc21. The van der Waals surface area contributed by atoms with Gasteiger partial charge in [-0.2, -0.15) is 0 Å². The van der Waals surface area contributed by atoms with E-state index < -0.39 is 0 Å². The summed E-state index contributed by atoms with van der Waals surface area (Å²) in [5.41, 5.74) is 1.62. The minimum absolute atomic E-state index is 0.210. The molecule has 0 bridgehead atoms. The Kier molecular flexibility index (Phi) is 2.82. The molecular weight excluding hydrogens is 222 g/mol. The predicted molar refractivity (Wildman–Crippen MR) is 66.1 cm³/mol. The topological polar surface area (TPSA) is 42.8 Å². The third kappa shape index (κ3) is 1.76. The Bertz CT molecular complexity index is 556. The maximum atomic E-state index is 5.33. The van der Waals surface area contributed by atoms with Crippen molar-refractivity contribution in [2.24, 2.45) is 0 Å². The van der Waals surface area contributed by atoms with Crippen molar-refractivity contribution in [1.29, 1.82) is 0 Å². The van der Waals surface area contributed by atoms with Gasteiger partial charge in [-0.3, -0.25) is 4.57 Å². The number of H-pyrrole nitrogens is 1. The predicted octanol–water partition coefficient (Wildman–Crippen LogP) is 2.48. The van der Waals surface area contributed by atoms with E-state index in [2.05, 4.69) is 23.8 Å². The molecule has 0 radical (unpaired) electrons. The van der Waals surface area contributed by atoms with Crippen molar-refractivity contribution in [2.75, 3.05) is 13.7 Å². The van der Waals surface area contributed by atoms with Crippen LogP contribution >= 0.6 is 12.2 Å². The van der Waals surface area contributed by atoms with E-state index in [0.717, 1.165) is 11.2 Å². The van der Waals surface area contributed by atoms with Crippen LogP contribution in [0.3, 0.4) is 0 Å². The standard InChI is InChI=1S/C11H15N3OS/c1-11(2,7-15-3)14-9-8(13-10(14)16)5-4-6-12-9/h4-6H,7H2,1-3H3,(H,13,16). The summed E-state index contributed by atoms with van der Waals surface area (Å²) in [4.78, 5) is 7.51. The van der Waals surface area contributed by atoms with Gasteiger partial charge in [0.05, 0.1) is 17.7 Å². The second-order valence-corrected chi connectivity index (χ2v) is 4.77. The first-order valence-electron chi connectivity index (χ1n) is 5.11. The van der Waals surface area contributed by atoms with Gasteiger partial charge in [0, 0.05) is 13.3 Å². The molecule has 0 aliphatic carbocycles. The molecule has 0 aliphatic heterocycles. The Balaban J connectivity index is 2.68. The zero-order valence-electron chi connectivity index (χ0n) is 9.65. The Morgan fingerprint density at radius 2 is 2.31 bits per heavy atom. The fourth-order valence-electron chi connectivity index (χ4n) is 1.92. The van der Waals surface area contributed by atoms with Gasteiger partial charge in [0.2, 0.25) is 0 Å². The second-order valence-electron chi connectivity index (χ2n) is 4.39. The highest BCUT2D eigenvalue weighted by atomic mass is 32.1. The molecule has 2 rings (SSSR count). The molecule has 0 amide bonds. The fraction of sp³-hybridized carbons (Fsp3) is 0.455. The van der Waals surface area contributed by atoms with Gasteiger partial charge in [-0.15, -0.1) is 0 Å². The Morgan fingerprint density at radius 1 is 1.56 bits per heavy atom. The van der Waals surface area contributed by atoms with Crippen molar-refractivity contribution in [3.63, 3.8) is 0 Å². The van der Waals surface area contributed by atoms with Crippen LogP contribution in [0.15, 0.2) is 18.3 Å². The maximum absolute atomic E-state index is 5.33. The van der Waals surface area contributed by atoms with Crippen LogP contribution in [0, 0.1) is 4.77 Å². The number of methoxy groups -OCH3 is 1. The van der Waals surface area contributed by atoms with Crippen molar-refractivity contribution in [3.05, 3.63) is 23.1 Å². The molecule has 0 saturated heterocycles. The third-order valence-electron chi connectivity index (χ3n) is 2.55. The molecule has 2 aromatic heterocycles. The summed E-state index contributed by atoms with van der Waals surface area (Å²) in [7, 11) is 1.69. The van der Waals surface area contributed by atoms with Crippen LogP contribution in [0.2, 0.25) is 0 Å². The molecule has 0 fully saturated rings. The lowest BCUT2D eigenvalue weighted by Crippen LogP contribution is -2.31. The smallest absolute Gasteiger partial charge is 0.179 e. The van der Waals surface area contributed by atoms with Gasteiger partial charge >= 0.3 is 0 Å². The van der Waals surface area contributed by atoms with Gasteiger partial charge < -0.3 is 9.72 Å². The molecule has 86 valence electrons. The lowest BCUT2D eigenvalue weighted by atomic mass is 10.1. The van der Waals surface area contributed by atoms with E-state index >= 15 is 0 Å². The fourth-order valence-corrected chi connectivity index (χ4v) is 2.36. The molecule has 0 saturated carbocycles. The number of rotatable bonds is 3. The van der Waals surface area contributed by atoms with Gasteiger partial charge in [-0.05, 0) is 38.2 Å². The Labute approximate surface area is 99.3 Å². The second kappa shape index (κ2) is 3.99. The monoisotopic (exact) mass is 237 g/mol. The van der Waals surface area contributed by atoms with Gasteiger partial charge in [-0.1, -0.05) is 0 Å². The van der Waals surface area contributed by atoms with Crippen molar-refractivity contribution < 1.29 is 4.74 Å². The van der Waals surface area contributed by atoms with E-state index in [1.54, 1.807) is 13.3 Å². The highest BCUT2D eigenvalue weighted by molar-refractivity contribution is 7.71. The van der Waals surface area contributed by atoms with E-state index in [9.17, 15) is 0 Å².